The number of hydrogen-bond donors (Lipinski definition) is 1. The Kier molecular flexibility index (Phi) is 3.58. The molecule has 0 saturated heterocycles. The fraction of sp³-hybridized carbons (Fsp3) is 0.333. The minimum absolute atomic E-state index is 0.549. The predicted octanol–water partition coefficient (Wildman–Crippen LogP) is 2.37. The molecule has 1 heterocycles. The Labute approximate surface area is 97.9 Å². The van der Waals surface area contributed by atoms with Crippen molar-refractivity contribution in [2.24, 2.45) is 0 Å². The van der Waals surface area contributed by atoms with Gasteiger partial charge in [0.15, 0.2) is 0 Å². The third kappa shape index (κ3) is 2.25. The molecule has 84 valence electrons. The number of benzene rings is 1. The molecule has 1 heteroatoms. The highest BCUT2D eigenvalue weighted by molar-refractivity contribution is 5.31. The Balaban J connectivity index is 2.25. The van der Waals surface area contributed by atoms with Crippen molar-refractivity contribution in [2.75, 3.05) is 0 Å². The van der Waals surface area contributed by atoms with Crippen LogP contribution in [0, 0.1) is 0 Å². The van der Waals surface area contributed by atoms with Crippen molar-refractivity contribution < 1.29 is 5.32 Å². The molecule has 1 aliphatic heterocycles. The molecule has 0 aliphatic carbocycles. The monoisotopic (exact) mass is 214 g/mol. The molecule has 0 saturated carbocycles. The van der Waals surface area contributed by atoms with E-state index in [2.05, 4.69) is 42.7 Å². The largest absolute Gasteiger partial charge is 0.337 e. The van der Waals surface area contributed by atoms with E-state index in [9.17, 15) is 0 Å². The Bertz CT molecular complexity index is 381. The Morgan fingerprint density at radius 1 is 1.19 bits per heavy atom. The van der Waals surface area contributed by atoms with Gasteiger partial charge in [-0.05, 0) is 5.56 Å². The summed E-state index contributed by atoms with van der Waals surface area (Å²) in [6, 6.07) is 9.99. The van der Waals surface area contributed by atoms with Crippen molar-refractivity contribution in [2.45, 2.75) is 31.3 Å². The SMILES string of the molecule is C=CC[C@@H]1Cc2ccccc2[C@H](CC=C)[NH2+]1. The average molecular weight is 214 g/mol. The van der Waals surface area contributed by atoms with Crippen LogP contribution < -0.4 is 5.32 Å². The lowest BCUT2D eigenvalue weighted by atomic mass is 9.88. The predicted molar refractivity (Wildman–Crippen MR) is 68.2 cm³/mol. The maximum Gasteiger partial charge on any atom is 0.115 e. The first kappa shape index (κ1) is 11.2. The van der Waals surface area contributed by atoms with Gasteiger partial charge in [-0.25, -0.2) is 0 Å². The highest BCUT2D eigenvalue weighted by Crippen LogP contribution is 2.23. The Morgan fingerprint density at radius 2 is 1.94 bits per heavy atom. The smallest absolute Gasteiger partial charge is 0.115 e. The second-order valence-electron chi connectivity index (χ2n) is 4.51. The van der Waals surface area contributed by atoms with Crippen LogP contribution in [0.25, 0.3) is 0 Å². The first-order valence-corrected chi connectivity index (χ1v) is 5.99. The molecule has 1 aliphatic rings. The van der Waals surface area contributed by atoms with Gasteiger partial charge in [0, 0.05) is 24.8 Å². The average Bonchev–Trinajstić information content (AvgIpc) is 2.30. The van der Waals surface area contributed by atoms with Crippen LogP contribution in [0.4, 0.5) is 0 Å². The number of nitrogens with two attached hydrogens (primary N) is 1. The summed E-state index contributed by atoms with van der Waals surface area (Å²) >= 11 is 0. The second-order valence-corrected chi connectivity index (χ2v) is 4.51. The third-order valence-electron chi connectivity index (χ3n) is 3.33. The van der Waals surface area contributed by atoms with Gasteiger partial charge in [0.2, 0.25) is 0 Å². The maximum absolute atomic E-state index is 3.86. The molecule has 2 atom stereocenters. The normalized spacial score (nSPS) is 23.5. The van der Waals surface area contributed by atoms with Crippen LogP contribution in [0.1, 0.15) is 30.0 Å². The van der Waals surface area contributed by atoms with Gasteiger partial charge in [-0.15, -0.1) is 13.2 Å². The van der Waals surface area contributed by atoms with Crippen LogP contribution in [-0.2, 0) is 6.42 Å². The van der Waals surface area contributed by atoms with Crippen molar-refractivity contribution in [3.8, 4) is 0 Å². The van der Waals surface area contributed by atoms with E-state index in [0.29, 0.717) is 12.1 Å². The quantitative estimate of drug-likeness (QED) is 0.741. The van der Waals surface area contributed by atoms with Crippen molar-refractivity contribution in [1.82, 2.24) is 0 Å². The van der Waals surface area contributed by atoms with Crippen LogP contribution in [0.15, 0.2) is 49.6 Å². The molecule has 0 amide bonds. The van der Waals surface area contributed by atoms with E-state index in [1.807, 2.05) is 12.2 Å². The summed E-state index contributed by atoms with van der Waals surface area (Å²) < 4.78 is 0. The Hall–Kier alpha value is -1.34. The molecular weight excluding hydrogens is 194 g/mol. The fourth-order valence-corrected chi connectivity index (χ4v) is 2.63. The van der Waals surface area contributed by atoms with Gasteiger partial charge >= 0.3 is 0 Å². The zero-order valence-electron chi connectivity index (χ0n) is 9.73. The van der Waals surface area contributed by atoms with Gasteiger partial charge < -0.3 is 5.32 Å². The molecule has 0 fully saturated rings. The van der Waals surface area contributed by atoms with Crippen LogP contribution in [0.2, 0.25) is 0 Å². The standard InChI is InChI=1S/C15H19N/c1-3-7-13-11-12-9-5-6-10-14(12)15(16-13)8-4-2/h3-6,9-10,13,15-16H,1-2,7-8,11H2/p+1/t13-,15+/m1/s1. The van der Waals surface area contributed by atoms with Gasteiger partial charge in [-0.3, -0.25) is 0 Å². The summed E-state index contributed by atoms with van der Waals surface area (Å²) in [7, 11) is 0. The van der Waals surface area contributed by atoms with Gasteiger partial charge in [-0.2, -0.15) is 0 Å². The van der Waals surface area contributed by atoms with Crippen LogP contribution >= 0.6 is 0 Å². The number of hydrogen-bond acceptors (Lipinski definition) is 0. The number of rotatable bonds is 4. The summed E-state index contributed by atoms with van der Waals surface area (Å²) in [6.45, 7) is 7.70. The molecule has 0 unspecified atom stereocenters. The molecular formula is C15H20N+. The Morgan fingerprint density at radius 3 is 2.69 bits per heavy atom. The van der Waals surface area contributed by atoms with E-state index >= 15 is 0 Å². The topological polar surface area (TPSA) is 16.6 Å². The molecule has 0 aromatic heterocycles. The molecule has 0 spiro atoms. The molecule has 2 N–H and O–H groups in total. The third-order valence-corrected chi connectivity index (χ3v) is 3.33. The fourth-order valence-electron chi connectivity index (χ4n) is 2.63. The number of quaternary nitrogens is 1. The van der Waals surface area contributed by atoms with E-state index in [4.69, 9.17) is 0 Å². The van der Waals surface area contributed by atoms with Gasteiger partial charge in [0.25, 0.3) is 0 Å². The van der Waals surface area contributed by atoms with E-state index in [0.717, 1.165) is 19.3 Å². The van der Waals surface area contributed by atoms with Crippen LogP contribution in [0.3, 0.4) is 0 Å². The lowest BCUT2D eigenvalue weighted by molar-refractivity contribution is -0.730. The zero-order chi connectivity index (χ0) is 11.4. The van der Waals surface area contributed by atoms with Crippen molar-refractivity contribution >= 4 is 0 Å². The van der Waals surface area contributed by atoms with Crippen LogP contribution in [0.5, 0.6) is 0 Å². The molecule has 1 aromatic carbocycles. The van der Waals surface area contributed by atoms with Crippen molar-refractivity contribution in [1.29, 1.82) is 0 Å². The summed E-state index contributed by atoms with van der Waals surface area (Å²) in [5.74, 6) is 0. The van der Waals surface area contributed by atoms with Gasteiger partial charge in [0.05, 0.1) is 6.04 Å². The highest BCUT2D eigenvalue weighted by atomic mass is 15.0. The van der Waals surface area contributed by atoms with Crippen molar-refractivity contribution in [3.05, 3.63) is 60.7 Å². The minimum atomic E-state index is 0.549. The zero-order valence-corrected chi connectivity index (χ0v) is 9.73. The lowest BCUT2D eigenvalue weighted by Gasteiger charge is -2.29. The van der Waals surface area contributed by atoms with Gasteiger partial charge in [-0.1, -0.05) is 36.4 Å². The van der Waals surface area contributed by atoms with E-state index in [1.54, 1.807) is 0 Å². The summed E-state index contributed by atoms with van der Waals surface area (Å²) in [6.07, 6.45) is 7.34. The lowest BCUT2D eigenvalue weighted by Crippen LogP contribution is -2.92. The molecule has 2 rings (SSSR count). The molecule has 0 bridgehead atoms. The summed E-state index contributed by atoms with van der Waals surface area (Å²) in [5, 5.41) is 2.48. The van der Waals surface area contributed by atoms with Crippen LogP contribution in [-0.4, -0.2) is 6.04 Å². The minimum Gasteiger partial charge on any atom is -0.337 e. The van der Waals surface area contributed by atoms with E-state index < -0.39 is 0 Å². The van der Waals surface area contributed by atoms with E-state index in [-0.39, 0.29) is 0 Å². The maximum atomic E-state index is 3.86. The molecule has 0 radical (unpaired) electrons. The van der Waals surface area contributed by atoms with Gasteiger partial charge in [0.1, 0.15) is 6.04 Å². The first-order chi connectivity index (χ1) is 7.85. The van der Waals surface area contributed by atoms with Crippen molar-refractivity contribution in [3.63, 3.8) is 0 Å². The summed E-state index contributed by atoms with van der Waals surface area (Å²) in [4.78, 5) is 0. The highest BCUT2D eigenvalue weighted by Gasteiger charge is 2.27. The molecule has 16 heavy (non-hydrogen) atoms. The molecule has 1 nitrogen and oxygen atoms in total. The first-order valence-electron chi connectivity index (χ1n) is 5.99. The molecule has 1 aromatic rings. The summed E-state index contributed by atoms with van der Waals surface area (Å²) in [5.41, 5.74) is 2.99. The number of fused-ring (bicyclic) bond motifs is 1. The second kappa shape index (κ2) is 5.13. The van der Waals surface area contributed by atoms with E-state index in [1.165, 1.54) is 11.1 Å².